The van der Waals surface area contributed by atoms with Gasteiger partial charge in [0.15, 0.2) is 0 Å². The highest BCUT2D eigenvalue weighted by Gasteiger charge is 2.11. The Labute approximate surface area is 110 Å². The first-order chi connectivity index (χ1) is 8.43. The number of hydrogen-bond acceptors (Lipinski definition) is 4. The van der Waals surface area contributed by atoms with Gasteiger partial charge in [-0.2, -0.15) is 0 Å². The molecule has 3 N–H and O–H groups in total. The van der Waals surface area contributed by atoms with Crippen LogP contribution in [0.25, 0.3) is 0 Å². The quantitative estimate of drug-likeness (QED) is 0.814. The summed E-state index contributed by atoms with van der Waals surface area (Å²) in [4.78, 5) is 8.89. The fourth-order valence-corrected chi connectivity index (χ4v) is 2.06. The molecule has 0 aromatic carbocycles. The summed E-state index contributed by atoms with van der Waals surface area (Å²) in [7, 11) is 0. The van der Waals surface area contributed by atoms with E-state index in [1.807, 2.05) is 6.92 Å². The van der Waals surface area contributed by atoms with Crippen LogP contribution in [-0.2, 0) is 6.42 Å². The van der Waals surface area contributed by atoms with Gasteiger partial charge in [-0.05, 0) is 32.6 Å². The molecule has 0 saturated carbocycles. The van der Waals surface area contributed by atoms with Gasteiger partial charge in [0, 0.05) is 18.0 Å². The van der Waals surface area contributed by atoms with Crippen LogP contribution >= 0.6 is 0 Å². The lowest BCUT2D eigenvalue weighted by molar-refractivity contribution is 0.538. The smallest absolute Gasteiger partial charge is 0.134 e. The fourth-order valence-electron chi connectivity index (χ4n) is 2.06. The molecule has 1 rings (SSSR count). The predicted octanol–water partition coefficient (Wildman–Crippen LogP) is 3.17. The molecule has 0 radical (unpaired) electrons. The summed E-state index contributed by atoms with van der Waals surface area (Å²) in [6.07, 6.45) is 3.02. The molecule has 1 atom stereocenters. The van der Waals surface area contributed by atoms with Gasteiger partial charge in [-0.1, -0.05) is 20.8 Å². The van der Waals surface area contributed by atoms with Crippen LogP contribution in [0, 0.1) is 12.8 Å². The van der Waals surface area contributed by atoms with Crippen molar-refractivity contribution in [3.8, 4) is 0 Å². The van der Waals surface area contributed by atoms with E-state index in [0.29, 0.717) is 17.8 Å². The summed E-state index contributed by atoms with van der Waals surface area (Å²) < 4.78 is 0. The summed E-state index contributed by atoms with van der Waals surface area (Å²) >= 11 is 0. The number of aromatic nitrogens is 2. The molecule has 0 bridgehead atoms. The summed E-state index contributed by atoms with van der Waals surface area (Å²) in [5.41, 5.74) is 6.89. The molecule has 0 aliphatic heterocycles. The van der Waals surface area contributed by atoms with E-state index in [0.717, 1.165) is 36.5 Å². The number of nitrogens with two attached hydrogens (primary N) is 1. The molecular formula is C14H26N4. The highest BCUT2D eigenvalue weighted by atomic mass is 15.1. The molecule has 0 aliphatic rings. The topological polar surface area (TPSA) is 63.8 Å². The van der Waals surface area contributed by atoms with Crippen molar-refractivity contribution >= 4 is 11.6 Å². The van der Waals surface area contributed by atoms with Gasteiger partial charge in [-0.3, -0.25) is 0 Å². The minimum atomic E-state index is 0.396. The van der Waals surface area contributed by atoms with Crippen LogP contribution in [0.5, 0.6) is 0 Å². The summed E-state index contributed by atoms with van der Waals surface area (Å²) in [6.45, 7) is 10.7. The standard InChI is InChI=1S/C14H26N4/c1-6-7-12-17-13(15)11(5)14(18-12)16-10(4)8-9(2)3/h9-10H,6-8H2,1-5H3,(H3,15,16,17,18). The lowest BCUT2D eigenvalue weighted by Gasteiger charge is -2.19. The van der Waals surface area contributed by atoms with Crippen molar-refractivity contribution in [3.05, 3.63) is 11.4 Å². The molecule has 4 heteroatoms. The Balaban J connectivity index is 2.86. The summed E-state index contributed by atoms with van der Waals surface area (Å²) in [6, 6.07) is 0.396. The van der Waals surface area contributed by atoms with Gasteiger partial charge >= 0.3 is 0 Å². The Morgan fingerprint density at radius 2 is 1.89 bits per heavy atom. The Morgan fingerprint density at radius 1 is 1.22 bits per heavy atom. The van der Waals surface area contributed by atoms with Crippen molar-refractivity contribution in [2.45, 2.75) is 59.9 Å². The van der Waals surface area contributed by atoms with Crippen molar-refractivity contribution in [2.24, 2.45) is 5.92 Å². The number of nitrogen functional groups attached to an aromatic ring is 1. The first-order valence-electron chi connectivity index (χ1n) is 6.83. The van der Waals surface area contributed by atoms with Crippen molar-refractivity contribution < 1.29 is 0 Å². The van der Waals surface area contributed by atoms with E-state index in [9.17, 15) is 0 Å². The monoisotopic (exact) mass is 250 g/mol. The van der Waals surface area contributed by atoms with Gasteiger partial charge in [-0.25, -0.2) is 9.97 Å². The largest absolute Gasteiger partial charge is 0.383 e. The average molecular weight is 250 g/mol. The number of nitrogens with zero attached hydrogens (tertiary/aromatic N) is 2. The predicted molar refractivity (Wildman–Crippen MR) is 77.7 cm³/mol. The third kappa shape index (κ3) is 4.17. The zero-order valence-corrected chi connectivity index (χ0v) is 12.2. The zero-order chi connectivity index (χ0) is 13.7. The summed E-state index contributed by atoms with van der Waals surface area (Å²) in [5, 5.41) is 3.45. The number of hydrogen-bond donors (Lipinski definition) is 2. The van der Waals surface area contributed by atoms with E-state index in [1.165, 1.54) is 0 Å². The molecule has 0 fully saturated rings. The molecule has 0 saturated heterocycles. The molecule has 1 heterocycles. The van der Waals surface area contributed by atoms with Gasteiger partial charge in [0.2, 0.25) is 0 Å². The van der Waals surface area contributed by atoms with Crippen LogP contribution in [0.1, 0.15) is 51.9 Å². The molecule has 0 spiro atoms. The molecule has 102 valence electrons. The molecule has 1 unspecified atom stereocenters. The van der Waals surface area contributed by atoms with Crippen molar-refractivity contribution in [2.75, 3.05) is 11.1 Å². The fraction of sp³-hybridized carbons (Fsp3) is 0.714. The molecule has 1 aromatic rings. The molecular weight excluding hydrogens is 224 g/mol. The molecule has 0 amide bonds. The van der Waals surface area contributed by atoms with Gasteiger partial charge < -0.3 is 11.1 Å². The van der Waals surface area contributed by atoms with E-state index < -0.39 is 0 Å². The second kappa shape index (κ2) is 6.57. The number of nitrogens with one attached hydrogen (secondary N) is 1. The molecule has 4 nitrogen and oxygen atoms in total. The average Bonchev–Trinajstić information content (AvgIpc) is 2.24. The van der Waals surface area contributed by atoms with Crippen molar-refractivity contribution in [3.63, 3.8) is 0 Å². The summed E-state index contributed by atoms with van der Waals surface area (Å²) in [5.74, 6) is 2.98. The minimum Gasteiger partial charge on any atom is -0.383 e. The van der Waals surface area contributed by atoms with E-state index in [-0.39, 0.29) is 0 Å². The van der Waals surface area contributed by atoms with Crippen LogP contribution in [0.3, 0.4) is 0 Å². The highest BCUT2D eigenvalue weighted by Crippen LogP contribution is 2.20. The maximum absolute atomic E-state index is 5.94. The number of rotatable bonds is 6. The van der Waals surface area contributed by atoms with Gasteiger partial charge in [0.1, 0.15) is 17.5 Å². The Hall–Kier alpha value is -1.32. The highest BCUT2D eigenvalue weighted by molar-refractivity contribution is 5.55. The van der Waals surface area contributed by atoms with E-state index in [1.54, 1.807) is 0 Å². The van der Waals surface area contributed by atoms with Crippen molar-refractivity contribution in [1.29, 1.82) is 0 Å². The maximum atomic E-state index is 5.94. The van der Waals surface area contributed by atoms with Crippen LogP contribution in [0.2, 0.25) is 0 Å². The minimum absolute atomic E-state index is 0.396. The van der Waals surface area contributed by atoms with Crippen molar-refractivity contribution in [1.82, 2.24) is 9.97 Å². The third-order valence-electron chi connectivity index (χ3n) is 2.91. The Morgan fingerprint density at radius 3 is 2.44 bits per heavy atom. The second-order valence-electron chi connectivity index (χ2n) is 5.42. The number of anilines is 2. The Bertz CT molecular complexity index is 388. The van der Waals surface area contributed by atoms with Crippen LogP contribution in [0.4, 0.5) is 11.6 Å². The van der Waals surface area contributed by atoms with Gasteiger partial charge in [-0.15, -0.1) is 0 Å². The zero-order valence-electron chi connectivity index (χ0n) is 12.2. The first-order valence-corrected chi connectivity index (χ1v) is 6.83. The number of aryl methyl sites for hydroxylation is 1. The van der Waals surface area contributed by atoms with Gasteiger partial charge in [0.05, 0.1) is 0 Å². The van der Waals surface area contributed by atoms with Crippen LogP contribution < -0.4 is 11.1 Å². The SMILES string of the molecule is CCCc1nc(N)c(C)c(NC(C)CC(C)C)n1. The molecule has 1 aromatic heterocycles. The maximum Gasteiger partial charge on any atom is 0.134 e. The molecule has 0 aliphatic carbocycles. The lowest BCUT2D eigenvalue weighted by atomic mass is 10.1. The second-order valence-corrected chi connectivity index (χ2v) is 5.42. The van der Waals surface area contributed by atoms with E-state index in [4.69, 9.17) is 5.73 Å². The first kappa shape index (κ1) is 14.7. The molecule has 18 heavy (non-hydrogen) atoms. The van der Waals surface area contributed by atoms with E-state index >= 15 is 0 Å². The lowest BCUT2D eigenvalue weighted by Crippen LogP contribution is -2.20. The third-order valence-corrected chi connectivity index (χ3v) is 2.91. The normalized spacial score (nSPS) is 12.8. The van der Waals surface area contributed by atoms with Crippen LogP contribution in [-0.4, -0.2) is 16.0 Å². The van der Waals surface area contributed by atoms with Gasteiger partial charge in [0.25, 0.3) is 0 Å². The van der Waals surface area contributed by atoms with Crippen LogP contribution in [0.15, 0.2) is 0 Å². The van der Waals surface area contributed by atoms with E-state index in [2.05, 4.69) is 43.0 Å². The Kier molecular flexibility index (Phi) is 5.38.